The lowest BCUT2D eigenvalue weighted by Gasteiger charge is -2.40. The lowest BCUT2D eigenvalue weighted by molar-refractivity contribution is -0.137. The van der Waals surface area contributed by atoms with Crippen LogP contribution >= 0.6 is 0 Å². The molecule has 2 atom stereocenters. The fraction of sp³-hybridized carbons (Fsp3) is 0.440. The van der Waals surface area contributed by atoms with E-state index in [9.17, 15) is 26.4 Å². The number of benzene rings is 1. The number of carbonyl (C=O) groups is 1. The molecule has 0 bridgehead atoms. The number of halogens is 3. The summed E-state index contributed by atoms with van der Waals surface area (Å²) in [5, 5.41) is -1.20. The van der Waals surface area contributed by atoms with Crippen LogP contribution in [0.1, 0.15) is 45.6 Å². The second-order valence-electron chi connectivity index (χ2n) is 9.22. The van der Waals surface area contributed by atoms with E-state index < -0.39 is 33.1 Å². The van der Waals surface area contributed by atoms with Crippen molar-refractivity contribution >= 4 is 21.7 Å². The van der Waals surface area contributed by atoms with Crippen LogP contribution in [0.4, 0.5) is 19.0 Å². The van der Waals surface area contributed by atoms with Crippen LogP contribution in [0, 0.1) is 6.92 Å². The van der Waals surface area contributed by atoms with Crippen molar-refractivity contribution in [2.45, 2.75) is 37.7 Å². The highest BCUT2D eigenvalue weighted by Crippen LogP contribution is 2.33. The number of sulfonamides is 1. The molecule has 1 amide bonds. The number of aromatic nitrogens is 1. The predicted octanol–water partition coefficient (Wildman–Crippen LogP) is 4.02. The van der Waals surface area contributed by atoms with E-state index in [1.165, 1.54) is 10.4 Å². The minimum absolute atomic E-state index is 0.0669. The maximum atomic E-state index is 13.4. The molecule has 4 rings (SSSR count). The van der Waals surface area contributed by atoms with Crippen molar-refractivity contribution in [2.75, 3.05) is 37.6 Å². The minimum Gasteiger partial charge on any atom is -0.356 e. The molecule has 1 aromatic carbocycles. The molecule has 0 spiro atoms. The van der Waals surface area contributed by atoms with Crippen molar-refractivity contribution in [3.8, 4) is 0 Å². The van der Waals surface area contributed by atoms with Crippen LogP contribution in [0.15, 0.2) is 49.2 Å². The molecule has 2 unspecified atom stereocenters. The average molecular weight is 523 g/mol. The second kappa shape index (κ2) is 9.85. The SMILES string of the molecule is C=CC(c1ccc(C(F)(F)F)cc1)S(=O)(=O)N1CCN(C(=O)c2cnc(N3CCC3)cc2C)C(C)C1. The van der Waals surface area contributed by atoms with Gasteiger partial charge in [-0.25, -0.2) is 13.4 Å². The number of anilines is 1. The topological polar surface area (TPSA) is 73.8 Å². The molecule has 2 fully saturated rings. The summed E-state index contributed by atoms with van der Waals surface area (Å²) < 4.78 is 66.8. The highest BCUT2D eigenvalue weighted by molar-refractivity contribution is 7.89. The smallest absolute Gasteiger partial charge is 0.356 e. The summed E-state index contributed by atoms with van der Waals surface area (Å²) in [6, 6.07) is 5.55. The van der Waals surface area contributed by atoms with Gasteiger partial charge in [0.15, 0.2) is 0 Å². The summed E-state index contributed by atoms with van der Waals surface area (Å²) in [5.41, 5.74) is 0.646. The van der Waals surface area contributed by atoms with Gasteiger partial charge in [0.2, 0.25) is 10.0 Å². The Balaban J connectivity index is 1.47. The molecule has 0 aliphatic carbocycles. The average Bonchev–Trinajstić information content (AvgIpc) is 2.77. The van der Waals surface area contributed by atoms with Gasteiger partial charge in [-0.2, -0.15) is 17.5 Å². The highest BCUT2D eigenvalue weighted by Gasteiger charge is 2.38. The monoisotopic (exact) mass is 522 g/mol. The predicted molar refractivity (Wildman–Crippen MR) is 131 cm³/mol. The number of piperazine rings is 1. The highest BCUT2D eigenvalue weighted by atomic mass is 32.2. The summed E-state index contributed by atoms with van der Waals surface area (Å²) in [4.78, 5) is 21.5. The van der Waals surface area contributed by atoms with Crippen LogP contribution in [-0.2, 0) is 16.2 Å². The second-order valence-corrected chi connectivity index (χ2v) is 11.3. The first-order valence-corrected chi connectivity index (χ1v) is 13.2. The largest absolute Gasteiger partial charge is 0.416 e. The third kappa shape index (κ3) is 4.99. The zero-order chi connectivity index (χ0) is 26.3. The Labute approximate surface area is 209 Å². The van der Waals surface area contributed by atoms with Gasteiger partial charge in [-0.15, -0.1) is 6.58 Å². The van der Waals surface area contributed by atoms with Gasteiger partial charge in [0.05, 0.1) is 11.1 Å². The zero-order valence-corrected chi connectivity index (χ0v) is 21.0. The molecule has 2 aliphatic heterocycles. The first-order chi connectivity index (χ1) is 16.9. The Hall–Kier alpha value is -2.92. The standard InChI is InChI=1S/C25H29F3N4O3S/c1-4-22(19-6-8-20(9-7-19)25(26,27)28)36(34,35)31-12-13-32(18(3)16-31)24(33)21-15-29-23(14-17(21)2)30-10-5-11-30/h4,6-9,14-15,18,22H,1,5,10-13,16H2,2-3H3. The van der Waals surface area contributed by atoms with Crippen LogP contribution in [0.25, 0.3) is 0 Å². The van der Waals surface area contributed by atoms with Gasteiger partial charge in [0.25, 0.3) is 5.91 Å². The normalized spacial score (nSPS) is 20.1. The number of nitrogens with zero attached hydrogens (tertiary/aromatic N) is 4. The first kappa shape index (κ1) is 26.2. The number of alkyl halides is 3. The summed E-state index contributed by atoms with van der Waals surface area (Å²) in [7, 11) is -3.96. The fourth-order valence-corrected chi connectivity index (χ4v) is 6.37. The van der Waals surface area contributed by atoms with Gasteiger partial charge < -0.3 is 9.80 Å². The van der Waals surface area contributed by atoms with E-state index in [2.05, 4.69) is 16.5 Å². The molecule has 11 heteroatoms. The molecule has 36 heavy (non-hydrogen) atoms. The van der Waals surface area contributed by atoms with Crippen LogP contribution in [0.3, 0.4) is 0 Å². The van der Waals surface area contributed by atoms with E-state index in [0.29, 0.717) is 5.56 Å². The Kier molecular flexibility index (Phi) is 7.16. The Bertz CT molecular complexity index is 1240. The van der Waals surface area contributed by atoms with Gasteiger partial charge in [0, 0.05) is 45.0 Å². The fourth-order valence-electron chi connectivity index (χ4n) is 4.55. The van der Waals surface area contributed by atoms with Crippen molar-refractivity contribution in [1.29, 1.82) is 0 Å². The summed E-state index contributed by atoms with van der Waals surface area (Å²) >= 11 is 0. The van der Waals surface area contributed by atoms with Gasteiger partial charge in [-0.05, 0) is 49.6 Å². The van der Waals surface area contributed by atoms with Gasteiger partial charge in [-0.1, -0.05) is 18.2 Å². The number of pyridine rings is 1. The third-order valence-corrected chi connectivity index (χ3v) is 8.98. The van der Waals surface area contributed by atoms with Crippen LogP contribution in [0.5, 0.6) is 0 Å². The van der Waals surface area contributed by atoms with Crippen LogP contribution < -0.4 is 4.90 Å². The maximum absolute atomic E-state index is 13.4. The van der Waals surface area contributed by atoms with E-state index in [0.717, 1.165) is 55.2 Å². The van der Waals surface area contributed by atoms with Crippen LogP contribution in [0.2, 0.25) is 0 Å². The van der Waals surface area contributed by atoms with Crippen molar-refractivity contribution < 1.29 is 26.4 Å². The third-order valence-electron chi connectivity index (χ3n) is 6.82. The number of hydrogen-bond donors (Lipinski definition) is 0. The molecule has 1 aromatic heterocycles. The molecule has 3 heterocycles. The summed E-state index contributed by atoms with van der Waals surface area (Å²) in [5.74, 6) is 0.640. The van der Waals surface area contributed by atoms with Crippen LogP contribution in [-0.4, -0.2) is 67.3 Å². The van der Waals surface area contributed by atoms with E-state index in [1.54, 1.807) is 18.0 Å². The number of amides is 1. The molecule has 2 aromatic rings. The first-order valence-electron chi connectivity index (χ1n) is 11.7. The van der Waals surface area contributed by atoms with Gasteiger partial charge in [-0.3, -0.25) is 4.79 Å². The summed E-state index contributed by atoms with van der Waals surface area (Å²) in [6.07, 6.45) is -0.589. The number of hydrogen-bond acceptors (Lipinski definition) is 5. The van der Waals surface area contributed by atoms with Crippen molar-refractivity contribution in [2.24, 2.45) is 0 Å². The van der Waals surface area contributed by atoms with E-state index in [-0.39, 0.29) is 31.1 Å². The molecule has 194 valence electrons. The molecule has 0 saturated carbocycles. The molecular weight excluding hydrogens is 493 g/mol. The minimum atomic E-state index is -4.51. The molecular formula is C25H29F3N4O3S. The van der Waals surface area contributed by atoms with Crippen molar-refractivity contribution in [1.82, 2.24) is 14.2 Å². The Morgan fingerprint density at radius 1 is 1.17 bits per heavy atom. The maximum Gasteiger partial charge on any atom is 0.416 e. The molecule has 0 N–H and O–H groups in total. The number of rotatable bonds is 6. The van der Waals surface area contributed by atoms with Gasteiger partial charge >= 0.3 is 6.18 Å². The Morgan fingerprint density at radius 3 is 2.33 bits per heavy atom. The molecule has 0 radical (unpaired) electrons. The lowest BCUT2D eigenvalue weighted by atomic mass is 10.1. The lowest BCUT2D eigenvalue weighted by Crippen LogP contribution is -2.56. The van der Waals surface area contributed by atoms with Crippen molar-refractivity contribution in [3.63, 3.8) is 0 Å². The van der Waals surface area contributed by atoms with Crippen molar-refractivity contribution in [3.05, 3.63) is 71.4 Å². The van der Waals surface area contributed by atoms with E-state index >= 15 is 0 Å². The van der Waals surface area contributed by atoms with E-state index in [1.807, 2.05) is 13.0 Å². The molecule has 7 nitrogen and oxygen atoms in total. The Morgan fingerprint density at radius 2 is 1.83 bits per heavy atom. The number of carbonyl (C=O) groups excluding carboxylic acids is 1. The quantitative estimate of drug-likeness (QED) is 0.536. The number of aryl methyl sites for hydroxylation is 1. The zero-order valence-electron chi connectivity index (χ0n) is 20.2. The molecule has 2 saturated heterocycles. The van der Waals surface area contributed by atoms with Gasteiger partial charge in [0.1, 0.15) is 11.1 Å². The molecule has 2 aliphatic rings. The van der Waals surface area contributed by atoms with E-state index in [4.69, 9.17) is 0 Å². The summed E-state index contributed by atoms with van der Waals surface area (Å²) in [6.45, 7) is 9.47.